The lowest BCUT2D eigenvalue weighted by Gasteiger charge is -2.13. The molecule has 2 rings (SSSR count). The minimum absolute atomic E-state index is 0.463. The van der Waals surface area contributed by atoms with Crippen molar-refractivity contribution < 1.29 is 28.5 Å². The van der Waals surface area contributed by atoms with Gasteiger partial charge in [-0.2, -0.15) is 0 Å². The van der Waals surface area contributed by atoms with Crippen molar-refractivity contribution >= 4 is 0 Å². The average molecular weight is 280 g/mol. The van der Waals surface area contributed by atoms with Gasteiger partial charge in [-0.3, -0.25) is 0 Å². The summed E-state index contributed by atoms with van der Waals surface area (Å²) in [6.07, 6.45) is 1.95. The van der Waals surface area contributed by atoms with Crippen molar-refractivity contribution in [1.29, 1.82) is 0 Å². The van der Waals surface area contributed by atoms with Gasteiger partial charge in [0.2, 0.25) is 11.9 Å². The first-order chi connectivity index (χ1) is 9.67. The highest BCUT2D eigenvalue weighted by molar-refractivity contribution is 5.53. The van der Waals surface area contributed by atoms with E-state index in [0.717, 1.165) is 5.56 Å². The summed E-state index contributed by atoms with van der Waals surface area (Å²) in [5.74, 6) is 1.28. The molecule has 0 aliphatic heterocycles. The standard InChI is InChI=1S/C13H16N2O5/c1-17-10-6-9(7-11(18-2)13(10)19-3)4-5-15-8-12(16)20-14-15/h6-8H,4-5H2,1-3H3. The van der Waals surface area contributed by atoms with Crippen LogP contribution < -0.4 is 24.0 Å². The van der Waals surface area contributed by atoms with Gasteiger partial charge < -0.3 is 23.8 Å². The fourth-order valence-electron chi connectivity index (χ4n) is 1.89. The lowest BCUT2D eigenvalue weighted by atomic mass is 10.1. The number of aromatic nitrogens is 2. The Labute approximate surface area is 116 Å². The normalized spacial score (nSPS) is 10.3. The number of benzene rings is 1. The second-order valence-electron chi connectivity index (χ2n) is 4.07. The SMILES string of the molecule is COc1cc(CC[n+]2cc([O-])on2)cc(OC)c1OC. The molecule has 20 heavy (non-hydrogen) atoms. The number of rotatable bonds is 6. The molecule has 2 aromatic rings. The van der Waals surface area contributed by atoms with Crippen molar-refractivity contribution in [2.24, 2.45) is 0 Å². The van der Waals surface area contributed by atoms with E-state index in [4.69, 9.17) is 14.2 Å². The molecule has 0 saturated heterocycles. The summed E-state index contributed by atoms with van der Waals surface area (Å²) in [4.78, 5) is 0. The highest BCUT2D eigenvalue weighted by atomic mass is 16.6. The summed E-state index contributed by atoms with van der Waals surface area (Å²) in [6, 6.07) is 3.72. The second-order valence-corrected chi connectivity index (χ2v) is 4.07. The van der Waals surface area contributed by atoms with E-state index in [1.54, 1.807) is 21.3 Å². The number of nitrogens with zero attached hydrogens (tertiary/aromatic N) is 2. The first-order valence-electron chi connectivity index (χ1n) is 6.00. The largest absolute Gasteiger partial charge is 0.539 e. The maximum Gasteiger partial charge on any atom is 0.221 e. The number of aryl methyl sites for hydroxylation is 2. The molecule has 0 unspecified atom stereocenters. The lowest BCUT2D eigenvalue weighted by molar-refractivity contribution is -0.762. The van der Waals surface area contributed by atoms with Gasteiger partial charge in [-0.05, 0) is 17.7 Å². The molecule has 0 atom stereocenters. The third-order valence-corrected chi connectivity index (χ3v) is 2.84. The van der Waals surface area contributed by atoms with Gasteiger partial charge in [0.15, 0.2) is 18.0 Å². The van der Waals surface area contributed by atoms with E-state index in [1.165, 1.54) is 10.9 Å². The van der Waals surface area contributed by atoms with Crippen LogP contribution in [-0.4, -0.2) is 26.6 Å². The Hall–Kier alpha value is -2.44. The van der Waals surface area contributed by atoms with Crippen LogP contribution in [0.25, 0.3) is 0 Å². The fraction of sp³-hybridized carbons (Fsp3) is 0.385. The van der Waals surface area contributed by atoms with Crippen LogP contribution in [0.5, 0.6) is 23.2 Å². The summed E-state index contributed by atoms with van der Waals surface area (Å²) in [7, 11) is 4.69. The molecule has 0 fully saturated rings. The maximum absolute atomic E-state index is 10.9. The van der Waals surface area contributed by atoms with E-state index >= 15 is 0 Å². The molecule has 0 amide bonds. The topological polar surface area (TPSA) is 80.7 Å². The molecule has 0 bridgehead atoms. The summed E-state index contributed by atoms with van der Waals surface area (Å²) in [6.45, 7) is 0.518. The summed E-state index contributed by atoms with van der Waals surface area (Å²) in [5, 5.41) is 14.5. The van der Waals surface area contributed by atoms with Crippen LogP contribution >= 0.6 is 0 Å². The first kappa shape index (κ1) is 14.0. The minimum atomic E-state index is -0.463. The van der Waals surface area contributed by atoms with Crippen molar-refractivity contribution in [3.63, 3.8) is 0 Å². The molecule has 7 heteroatoms. The Morgan fingerprint density at radius 1 is 1.15 bits per heavy atom. The molecule has 0 aliphatic carbocycles. The molecule has 0 saturated carbocycles. The van der Waals surface area contributed by atoms with Crippen LogP contribution in [0.1, 0.15) is 5.56 Å². The van der Waals surface area contributed by atoms with Crippen LogP contribution in [0.4, 0.5) is 0 Å². The maximum atomic E-state index is 10.9. The van der Waals surface area contributed by atoms with Crippen molar-refractivity contribution in [2.75, 3.05) is 21.3 Å². The first-order valence-corrected chi connectivity index (χ1v) is 6.00. The summed E-state index contributed by atoms with van der Waals surface area (Å²) in [5.41, 5.74) is 0.974. The number of hydrogen-bond donors (Lipinski definition) is 0. The van der Waals surface area contributed by atoms with E-state index in [0.29, 0.717) is 30.2 Å². The molecule has 1 aromatic heterocycles. The van der Waals surface area contributed by atoms with Crippen LogP contribution in [0.2, 0.25) is 0 Å². The van der Waals surface area contributed by atoms with Gasteiger partial charge in [0.25, 0.3) is 0 Å². The zero-order chi connectivity index (χ0) is 14.5. The van der Waals surface area contributed by atoms with Gasteiger partial charge in [0.1, 0.15) is 5.95 Å². The highest BCUT2D eigenvalue weighted by Gasteiger charge is 2.14. The van der Waals surface area contributed by atoms with E-state index in [1.807, 2.05) is 12.1 Å². The molecule has 0 N–H and O–H groups in total. The zero-order valence-corrected chi connectivity index (χ0v) is 11.6. The van der Waals surface area contributed by atoms with Crippen molar-refractivity contribution in [3.8, 4) is 23.2 Å². The van der Waals surface area contributed by atoms with Crippen LogP contribution in [-0.2, 0) is 13.0 Å². The third-order valence-electron chi connectivity index (χ3n) is 2.84. The monoisotopic (exact) mass is 280 g/mol. The van der Waals surface area contributed by atoms with Gasteiger partial charge in [0.05, 0.1) is 26.6 Å². The van der Waals surface area contributed by atoms with Crippen LogP contribution in [0.15, 0.2) is 22.9 Å². The molecule has 1 aromatic carbocycles. The molecular formula is C13H16N2O5. The van der Waals surface area contributed by atoms with Crippen molar-refractivity contribution in [1.82, 2.24) is 5.27 Å². The number of methoxy groups -OCH3 is 3. The Morgan fingerprint density at radius 2 is 1.80 bits per heavy atom. The average Bonchev–Trinajstić information content (AvgIpc) is 2.89. The van der Waals surface area contributed by atoms with Crippen molar-refractivity contribution in [3.05, 3.63) is 23.9 Å². The molecule has 7 nitrogen and oxygen atoms in total. The van der Waals surface area contributed by atoms with Gasteiger partial charge in [-0.25, -0.2) is 0 Å². The van der Waals surface area contributed by atoms with Gasteiger partial charge in [0, 0.05) is 6.42 Å². The number of ether oxygens (including phenoxy) is 3. The zero-order valence-electron chi connectivity index (χ0n) is 11.6. The fourth-order valence-corrected chi connectivity index (χ4v) is 1.89. The lowest BCUT2D eigenvalue weighted by Crippen LogP contribution is -2.35. The van der Waals surface area contributed by atoms with Gasteiger partial charge in [-0.15, -0.1) is 0 Å². The highest BCUT2D eigenvalue weighted by Crippen LogP contribution is 2.38. The van der Waals surface area contributed by atoms with E-state index in [-0.39, 0.29) is 0 Å². The molecule has 0 aliphatic rings. The molecular weight excluding hydrogens is 264 g/mol. The van der Waals surface area contributed by atoms with Crippen molar-refractivity contribution in [2.45, 2.75) is 13.0 Å². The third kappa shape index (κ3) is 2.93. The predicted molar refractivity (Wildman–Crippen MR) is 65.9 cm³/mol. The van der Waals surface area contributed by atoms with Gasteiger partial charge >= 0.3 is 0 Å². The quantitative estimate of drug-likeness (QED) is 0.708. The van der Waals surface area contributed by atoms with E-state index in [9.17, 15) is 5.11 Å². The Morgan fingerprint density at radius 3 is 2.25 bits per heavy atom. The molecule has 0 radical (unpaired) electrons. The van der Waals surface area contributed by atoms with Crippen LogP contribution in [0, 0.1) is 0 Å². The number of hydrogen-bond acceptors (Lipinski definition) is 6. The Kier molecular flexibility index (Phi) is 4.29. The molecule has 0 spiro atoms. The van der Waals surface area contributed by atoms with E-state index < -0.39 is 5.95 Å². The Balaban J connectivity index is 2.19. The molecule has 108 valence electrons. The minimum Gasteiger partial charge on any atom is -0.539 e. The van der Waals surface area contributed by atoms with Gasteiger partial charge in [-0.1, -0.05) is 4.68 Å². The Bertz CT molecular complexity index is 557. The summed E-state index contributed by atoms with van der Waals surface area (Å²) < 4.78 is 21.7. The smallest absolute Gasteiger partial charge is 0.221 e. The van der Waals surface area contributed by atoms with Crippen LogP contribution in [0.3, 0.4) is 0 Å². The summed E-state index contributed by atoms with van der Waals surface area (Å²) >= 11 is 0. The predicted octanol–water partition coefficient (Wildman–Crippen LogP) is 0.304. The molecule has 1 heterocycles. The van der Waals surface area contributed by atoms with E-state index in [2.05, 4.69) is 9.79 Å². The second kappa shape index (κ2) is 6.14.